The fraction of sp³-hybridized carbons (Fsp3) is 0.333. The van der Waals surface area contributed by atoms with Gasteiger partial charge in [-0.25, -0.2) is 9.79 Å². The zero-order valence-electron chi connectivity index (χ0n) is 12.6. The van der Waals surface area contributed by atoms with Crippen LogP contribution in [-0.2, 0) is 4.79 Å². The molecule has 1 heterocycles. The van der Waals surface area contributed by atoms with Crippen LogP contribution in [0.3, 0.4) is 0 Å². The Bertz CT molecular complexity index is 757. The molecule has 0 aromatic heterocycles. The maximum atomic E-state index is 12.0. The number of nitrogens with one attached hydrogen (secondary N) is 1. The van der Waals surface area contributed by atoms with Crippen molar-refractivity contribution < 1.29 is 14.5 Å². The number of fused-ring (bicyclic) bond motifs is 1. The van der Waals surface area contributed by atoms with Crippen LogP contribution in [0.15, 0.2) is 34.3 Å². The fourth-order valence-electron chi connectivity index (χ4n) is 2.68. The van der Waals surface area contributed by atoms with Crippen molar-refractivity contribution in [3.8, 4) is 0 Å². The highest BCUT2D eigenvalue weighted by atomic mass is 32.2. The number of non-ortho nitro benzene ring substituents is 1. The summed E-state index contributed by atoms with van der Waals surface area (Å²) in [7, 11) is 0. The molecular formula is C15H14N4O4S. The number of thioether (sulfide) groups is 1. The number of carbonyl (C=O) groups is 2. The third-order valence-electron chi connectivity index (χ3n) is 3.78. The lowest BCUT2D eigenvalue weighted by molar-refractivity contribution is -0.384. The normalized spacial score (nSPS) is 19.3. The molecule has 0 spiro atoms. The molecule has 1 aromatic carbocycles. The smallest absolute Gasteiger partial charge is 0.325 e. The molecule has 24 heavy (non-hydrogen) atoms. The molecule has 0 radical (unpaired) electrons. The van der Waals surface area contributed by atoms with Crippen molar-refractivity contribution in [1.29, 1.82) is 0 Å². The average molecular weight is 346 g/mol. The van der Waals surface area contributed by atoms with Gasteiger partial charge < -0.3 is 5.32 Å². The van der Waals surface area contributed by atoms with E-state index in [1.54, 1.807) is 0 Å². The van der Waals surface area contributed by atoms with E-state index in [1.807, 2.05) is 0 Å². The number of anilines is 1. The number of nitrogens with zero attached hydrogens (tertiary/aromatic N) is 3. The number of benzene rings is 1. The van der Waals surface area contributed by atoms with Crippen molar-refractivity contribution in [2.45, 2.75) is 19.3 Å². The second kappa shape index (κ2) is 6.91. The molecule has 1 fully saturated rings. The fourth-order valence-corrected chi connectivity index (χ4v) is 3.63. The lowest BCUT2D eigenvalue weighted by Gasteiger charge is -2.16. The Morgan fingerprint density at radius 3 is 2.79 bits per heavy atom. The van der Waals surface area contributed by atoms with Crippen molar-refractivity contribution in [3.05, 3.63) is 34.4 Å². The topological polar surface area (TPSA) is 114 Å². The minimum Gasteiger partial charge on any atom is -0.325 e. The molecule has 3 rings (SSSR count). The van der Waals surface area contributed by atoms with E-state index in [2.05, 4.69) is 15.3 Å². The molecular weight excluding hydrogens is 332 g/mol. The van der Waals surface area contributed by atoms with E-state index in [-0.39, 0.29) is 23.3 Å². The van der Waals surface area contributed by atoms with Gasteiger partial charge in [-0.1, -0.05) is 11.8 Å². The minimum absolute atomic E-state index is 0.0366. The molecule has 1 aromatic rings. The Labute approximate surface area is 141 Å². The van der Waals surface area contributed by atoms with Crippen LogP contribution in [0.2, 0.25) is 0 Å². The summed E-state index contributed by atoms with van der Waals surface area (Å²) in [6.07, 6.45) is 2.69. The Hall–Kier alpha value is -2.55. The lowest BCUT2D eigenvalue weighted by atomic mass is 10.1. The summed E-state index contributed by atoms with van der Waals surface area (Å²) in [6.45, 7) is 0. The van der Waals surface area contributed by atoms with Gasteiger partial charge in [0.15, 0.2) is 0 Å². The van der Waals surface area contributed by atoms with Crippen LogP contribution < -0.4 is 5.32 Å². The number of carbonyl (C=O) groups excluding carboxylic acids is 2. The van der Waals surface area contributed by atoms with Gasteiger partial charge in [-0.15, -0.1) is 0 Å². The van der Waals surface area contributed by atoms with Crippen LogP contribution in [0.5, 0.6) is 0 Å². The van der Waals surface area contributed by atoms with Gasteiger partial charge >= 0.3 is 6.03 Å². The van der Waals surface area contributed by atoms with Gasteiger partial charge in [-0.2, -0.15) is 4.99 Å². The van der Waals surface area contributed by atoms with E-state index in [0.717, 1.165) is 25.0 Å². The molecule has 9 heteroatoms. The van der Waals surface area contributed by atoms with Crippen LogP contribution in [0.25, 0.3) is 0 Å². The quantitative estimate of drug-likeness (QED) is 0.665. The summed E-state index contributed by atoms with van der Waals surface area (Å²) in [5, 5.41) is 13.9. The highest BCUT2D eigenvalue weighted by Crippen LogP contribution is 2.31. The van der Waals surface area contributed by atoms with E-state index < -0.39 is 11.0 Å². The SMILES string of the molecule is O=C1N=C2CCCC2C(SCC(=O)Nc2ccc([N+](=O)[O-])cc2)=N1. The van der Waals surface area contributed by atoms with Gasteiger partial charge in [0.25, 0.3) is 5.69 Å². The van der Waals surface area contributed by atoms with Crippen LogP contribution in [-0.4, -0.2) is 33.4 Å². The minimum atomic E-state index is -0.500. The first-order valence-electron chi connectivity index (χ1n) is 7.40. The highest BCUT2D eigenvalue weighted by Gasteiger charge is 2.32. The summed E-state index contributed by atoms with van der Waals surface area (Å²) < 4.78 is 0. The molecule has 1 saturated carbocycles. The molecule has 0 saturated heterocycles. The Morgan fingerprint density at radius 1 is 1.33 bits per heavy atom. The van der Waals surface area contributed by atoms with Gasteiger partial charge in [0, 0.05) is 29.4 Å². The molecule has 8 nitrogen and oxygen atoms in total. The molecule has 0 bridgehead atoms. The molecule has 1 aliphatic carbocycles. The largest absolute Gasteiger partial charge is 0.367 e. The van der Waals surface area contributed by atoms with Gasteiger partial charge in [-0.05, 0) is 31.4 Å². The summed E-state index contributed by atoms with van der Waals surface area (Å²) in [4.78, 5) is 41.5. The first-order chi connectivity index (χ1) is 11.5. The van der Waals surface area contributed by atoms with Crippen LogP contribution >= 0.6 is 11.8 Å². The third kappa shape index (κ3) is 3.67. The Morgan fingerprint density at radius 2 is 2.08 bits per heavy atom. The standard InChI is InChI=1S/C15H14N4O4S/c20-13(16-9-4-6-10(7-5-9)19(22)23)8-24-14-11-2-1-3-12(11)17-15(21)18-14/h4-7,11H,1-3,8H2,(H,16,20). The van der Waals surface area contributed by atoms with Crippen molar-refractivity contribution in [2.24, 2.45) is 15.9 Å². The van der Waals surface area contributed by atoms with Crippen LogP contribution in [0, 0.1) is 16.0 Å². The maximum Gasteiger partial charge on any atom is 0.367 e. The summed E-state index contributed by atoms with van der Waals surface area (Å²) in [5.41, 5.74) is 1.31. The molecule has 124 valence electrons. The Kier molecular flexibility index (Phi) is 4.70. The van der Waals surface area contributed by atoms with E-state index >= 15 is 0 Å². The Balaban J connectivity index is 1.56. The van der Waals surface area contributed by atoms with E-state index in [9.17, 15) is 19.7 Å². The monoisotopic (exact) mass is 346 g/mol. The lowest BCUT2D eigenvalue weighted by Crippen LogP contribution is -2.24. The third-order valence-corrected chi connectivity index (χ3v) is 4.86. The number of nitro benzene ring substituents is 1. The number of rotatable bonds is 4. The molecule has 1 N–H and O–H groups in total. The predicted molar refractivity (Wildman–Crippen MR) is 91.8 cm³/mol. The predicted octanol–water partition coefficient (Wildman–Crippen LogP) is 3.04. The van der Waals surface area contributed by atoms with Crippen LogP contribution in [0.4, 0.5) is 16.2 Å². The van der Waals surface area contributed by atoms with E-state index in [1.165, 1.54) is 36.0 Å². The van der Waals surface area contributed by atoms with Crippen molar-refractivity contribution in [3.63, 3.8) is 0 Å². The molecule has 1 atom stereocenters. The molecule has 2 aliphatic rings. The van der Waals surface area contributed by atoms with Gasteiger partial charge in [-0.3, -0.25) is 14.9 Å². The zero-order valence-corrected chi connectivity index (χ0v) is 13.4. The number of hydrogen-bond donors (Lipinski definition) is 1. The first kappa shape index (κ1) is 16.3. The van der Waals surface area contributed by atoms with Crippen molar-refractivity contribution in [2.75, 3.05) is 11.1 Å². The maximum absolute atomic E-state index is 12.0. The number of urea groups is 1. The average Bonchev–Trinajstić information content (AvgIpc) is 3.01. The number of amides is 3. The number of nitro groups is 1. The van der Waals surface area contributed by atoms with Gasteiger partial charge in [0.1, 0.15) is 0 Å². The summed E-state index contributed by atoms with van der Waals surface area (Å²) >= 11 is 1.24. The second-order valence-electron chi connectivity index (χ2n) is 5.42. The second-order valence-corrected chi connectivity index (χ2v) is 6.42. The van der Waals surface area contributed by atoms with Crippen molar-refractivity contribution >= 4 is 45.8 Å². The number of aliphatic imine (C=N–C) groups is 2. The first-order valence-corrected chi connectivity index (χ1v) is 8.38. The van der Waals surface area contributed by atoms with Crippen molar-refractivity contribution in [1.82, 2.24) is 0 Å². The molecule has 1 unspecified atom stereocenters. The highest BCUT2D eigenvalue weighted by molar-refractivity contribution is 8.14. The van der Waals surface area contributed by atoms with Gasteiger partial charge in [0.05, 0.1) is 15.7 Å². The van der Waals surface area contributed by atoms with Gasteiger partial charge in [0.2, 0.25) is 5.91 Å². The number of hydrogen-bond acceptors (Lipinski definition) is 5. The summed E-state index contributed by atoms with van der Waals surface area (Å²) in [6, 6.07) is 5.11. The van der Waals surface area contributed by atoms with Crippen LogP contribution in [0.1, 0.15) is 19.3 Å². The zero-order chi connectivity index (χ0) is 17.1. The summed E-state index contributed by atoms with van der Waals surface area (Å²) in [5.74, 6) is -0.0710. The van der Waals surface area contributed by atoms with E-state index in [4.69, 9.17) is 0 Å². The van der Waals surface area contributed by atoms with E-state index in [0.29, 0.717) is 10.7 Å². The molecule has 3 amide bonds. The molecule has 1 aliphatic heterocycles.